The van der Waals surface area contributed by atoms with E-state index in [9.17, 15) is 9.90 Å². The molecule has 1 atom stereocenters. The maximum Gasteiger partial charge on any atom is 0.324 e. The summed E-state index contributed by atoms with van der Waals surface area (Å²) in [6.07, 6.45) is 4.00. The molecule has 1 heterocycles. The highest BCUT2D eigenvalue weighted by Crippen LogP contribution is 2.44. The van der Waals surface area contributed by atoms with Crippen LogP contribution in [0.3, 0.4) is 0 Å². The Morgan fingerprint density at radius 2 is 1.88 bits per heavy atom. The minimum atomic E-state index is -0.679. The summed E-state index contributed by atoms with van der Waals surface area (Å²) in [6, 6.07) is 0.357. The third kappa shape index (κ3) is 1.96. The number of hydrogen-bond donors (Lipinski definition) is 1. The summed E-state index contributed by atoms with van der Waals surface area (Å²) >= 11 is 0. The first kappa shape index (κ1) is 11.9. The first-order chi connectivity index (χ1) is 7.56. The Morgan fingerprint density at radius 1 is 1.31 bits per heavy atom. The van der Waals surface area contributed by atoms with E-state index in [2.05, 4.69) is 4.90 Å². The van der Waals surface area contributed by atoms with Crippen molar-refractivity contribution in [3.05, 3.63) is 0 Å². The number of carboxylic acid groups (broad SMARTS) is 1. The van der Waals surface area contributed by atoms with Gasteiger partial charge in [0.05, 0.1) is 0 Å². The second-order valence-electron chi connectivity index (χ2n) is 5.18. The van der Waals surface area contributed by atoms with E-state index in [1.807, 2.05) is 14.0 Å². The second kappa shape index (κ2) is 4.34. The maximum atomic E-state index is 11.5. The molecular weight excluding hydrogens is 206 g/mol. The third-order valence-electron chi connectivity index (χ3n) is 4.28. The number of ether oxygens (including phenoxy) is 1. The Labute approximate surface area is 96.6 Å². The highest BCUT2D eigenvalue weighted by molar-refractivity contribution is 5.79. The van der Waals surface area contributed by atoms with Gasteiger partial charge in [-0.25, -0.2) is 0 Å². The molecule has 0 aromatic rings. The van der Waals surface area contributed by atoms with Crippen LogP contribution in [0.4, 0.5) is 0 Å². The van der Waals surface area contributed by atoms with E-state index >= 15 is 0 Å². The average Bonchev–Trinajstić information content (AvgIpc) is 3.12. The summed E-state index contributed by atoms with van der Waals surface area (Å²) in [7, 11) is 1.96. The van der Waals surface area contributed by atoms with Gasteiger partial charge in [0.2, 0.25) is 0 Å². The molecule has 1 saturated heterocycles. The first-order valence-electron chi connectivity index (χ1n) is 6.11. The lowest BCUT2D eigenvalue weighted by Gasteiger charge is -2.42. The Balaban J connectivity index is 2.09. The third-order valence-corrected chi connectivity index (χ3v) is 4.28. The van der Waals surface area contributed by atoms with Crippen LogP contribution in [-0.4, -0.2) is 47.8 Å². The van der Waals surface area contributed by atoms with Crippen LogP contribution in [0.25, 0.3) is 0 Å². The van der Waals surface area contributed by atoms with Crippen molar-refractivity contribution in [1.29, 1.82) is 0 Å². The highest BCUT2D eigenvalue weighted by Gasteiger charge is 2.51. The fourth-order valence-corrected chi connectivity index (χ4v) is 2.71. The van der Waals surface area contributed by atoms with E-state index in [1.54, 1.807) is 0 Å². The second-order valence-corrected chi connectivity index (χ2v) is 5.18. The summed E-state index contributed by atoms with van der Waals surface area (Å²) in [5, 5.41) is 9.47. The predicted molar refractivity (Wildman–Crippen MR) is 60.4 cm³/mol. The van der Waals surface area contributed by atoms with Gasteiger partial charge in [-0.15, -0.1) is 0 Å². The smallest absolute Gasteiger partial charge is 0.324 e. The molecule has 0 amide bonds. The van der Waals surface area contributed by atoms with Crippen LogP contribution in [0, 0.1) is 5.92 Å². The lowest BCUT2D eigenvalue weighted by Crippen LogP contribution is -2.57. The van der Waals surface area contributed by atoms with Crippen molar-refractivity contribution in [2.24, 2.45) is 5.92 Å². The Bertz CT molecular complexity index is 271. The van der Waals surface area contributed by atoms with Gasteiger partial charge in [0.25, 0.3) is 0 Å². The molecular formula is C12H21NO3. The summed E-state index contributed by atoms with van der Waals surface area (Å²) in [6.45, 7) is 3.40. The van der Waals surface area contributed by atoms with Crippen molar-refractivity contribution >= 4 is 5.97 Å². The number of aliphatic carboxylic acids is 1. The Morgan fingerprint density at radius 3 is 2.31 bits per heavy atom. The zero-order valence-corrected chi connectivity index (χ0v) is 10.1. The van der Waals surface area contributed by atoms with Gasteiger partial charge >= 0.3 is 5.97 Å². The molecule has 1 aliphatic heterocycles. The predicted octanol–water partition coefficient (Wildman–Crippen LogP) is 1.35. The van der Waals surface area contributed by atoms with Crippen LogP contribution in [0.1, 0.15) is 32.6 Å². The average molecular weight is 227 g/mol. The van der Waals surface area contributed by atoms with Gasteiger partial charge in [-0.05, 0) is 45.6 Å². The van der Waals surface area contributed by atoms with Crippen molar-refractivity contribution < 1.29 is 14.6 Å². The molecule has 0 aromatic heterocycles. The standard InChI is InChI=1S/C12H21NO3/c1-12(11(14)15,9-3-4-9)13(2)10-5-7-16-8-6-10/h9-10H,3-8H2,1-2H3,(H,14,15). The minimum absolute atomic E-state index is 0.331. The molecule has 16 heavy (non-hydrogen) atoms. The Kier molecular flexibility index (Phi) is 3.22. The van der Waals surface area contributed by atoms with Crippen molar-refractivity contribution in [2.75, 3.05) is 20.3 Å². The van der Waals surface area contributed by atoms with Crippen LogP contribution in [0.2, 0.25) is 0 Å². The molecule has 2 aliphatic rings. The summed E-state index contributed by atoms with van der Waals surface area (Å²) in [5.41, 5.74) is -0.679. The van der Waals surface area contributed by atoms with Gasteiger partial charge in [0.1, 0.15) is 5.54 Å². The number of hydrogen-bond acceptors (Lipinski definition) is 3. The van der Waals surface area contributed by atoms with Crippen molar-refractivity contribution in [3.8, 4) is 0 Å². The fourth-order valence-electron chi connectivity index (χ4n) is 2.71. The first-order valence-corrected chi connectivity index (χ1v) is 6.11. The number of rotatable bonds is 4. The molecule has 4 nitrogen and oxygen atoms in total. The molecule has 1 unspecified atom stereocenters. The molecule has 2 rings (SSSR count). The highest BCUT2D eigenvalue weighted by atomic mass is 16.5. The van der Waals surface area contributed by atoms with Crippen molar-refractivity contribution in [1.82, 2.24) is 4.90 Å². The Hall–Kier alpha value is -0.610. The van der Waals surface area contributed by atoms with Gasteiger partial charge in [0, 0.05) is 19.3 Å². The van der Waals surface area contributed by atoms with E-state index in [4.69, 9.17) is 4.74 Å². The van der Waals surface area contributed by atoms with Gasteiger partial charge in [-0.2, -0.15) is 0 Å². The zero-order chi connectivity index (χ0) is 11.8. The summed E-state index contributed by atoms with van der Waals surface area (Å²) in [4.78, 5) is 13.6. The molecule has 0 radical (unpaired) electrons. The normalized spacial score (nSPS) is 26.7. The minimum Gasteiger partial charge on any atom is -0.480 e. The van der Waals surface area contributed by atoms with Crippen LogP contribution < -0.4 is 0 Å². The lowest BCUT2D eigenvalue weighted by atomic mass is 9.90. The zero-order valence-electron chi connectivity index (χ0n) is 10.1. The maximum absolute atomic E-state index is 11.5. The van der Waals surface area contributed by atoms with Gasteiger partial charge < -0.3 is 9.84 Å². The fraction of sp³-hybridized carbons (Fsp3) is 0.917. The van der Waals surface area contributed by atoms with Gasteiger partial charge in [-0.3, -0.25) is 9.69 Å². The molecule has 1 N–H and O–H groups in total. The van der Waals surface area contributed by atoms with E-state index < -0.39 is 11.5 Å². The molecule has 4 heteroatoms. The molecule has 0 bridgehead atoms. The number of nitrogens with zero attached hydrogens (tertiary/aromatic N) is 1. The van der Waals surface area contributed by atoms with E-state index in [1.165, 1.54) is 0 Å². The molecule has 0 aromatic carbocycles. The molecule has 1 saturated carbocycles. The summed E-state index contributed by atoms with van der Waals surface area (Å²) < 4.78 is 5.33. The topological polar surface area (TPSA) is 49.8 Å². The number of carbonyl (C=O) groups is 1. The molecule has 0 spiro atoms. The molecule has 1 aliphatic carbocycles. The van der Waals surface area contributed by atoms with Crippen LogP contribution in [0.15, 0.2) is 0 Å². The van der Waals surface area contributed by atoms with Gasteiger partial charge in [-0.1, -0.05) is 0 Å². The largest absolute Gasteiger partial charge is 0.480 e. The number of likely N-dealkylation sites (N-methyl/N-ethyl adjacent to an activating group) is 1. The molecule has 2 fully saturated rings. The van der Waals surface area contributed by atoms with E-state index in [0.29, 0.717) is 12.0 Å². The summed E-state index contributed by atoms with van der Waals surface area (Å²) in [5.74, 6) is -0.346. The number of carboxylic acids is 1. The monoisotopic (exact) mass is 227 g/mol. The molecule has 92 valence electrons. The van der Waals surface area contributed by atoms with E-state index in [0.717, 1.165) is 38.9 Å². The van der Waals surface area contributed by atoms with Crippen molar-refractivity contribution in [3.63, 3.8) is 0 Å². The van der Waals surface area contributed by atoms with Crippen LogP contribution >= 0.6 is 0 Å². The quantitative estimate of drug-likeness (QED) is 0.787. The SMILES string of the molecule is CN(C1CCOCC1)C(C)(C(=O)O)C1CC1. The van der Waals surface area contributed by atoms with Crippen LogP contribution in [-0.2, 0) is 9.53 Å². The van der Waals surface area contributed by atoms with Crippen LogP contribution in [0.5, 0.6) is 0 Å². The van der Waals surface area contributed by atoms with Gasteiger partial charge in [0.15, 0.2) is 0 Å². The van der Waals surface area contributed by atoms with E-state index in [-0.39, 0.29) is 0 Å². The van der Waals surface area contributed by atoms with Crippen molar-refractivity contribution in [2.45, 2.75) is 44.2 Å². The lowest BCUT2D eigenvalue weighted by molar-refractivity contribution is -0.154.